The summed E-state index contributed by atoms with van der Waals surface area (Å²) in [5.74, 6) is 9.10. The highest BCUT2D eigenvalue weighted by atomic mass is 15.0. The molecule has 3 nitrogen and oxygen atoms in total. The van der Waals surface area contributed by atoms with E-state index in [1.807, 2.05) is 0 Å². The number of hydrogen-bond donors (Lipinski definition) is 0. The smallest absolute Gasteiger partial charge is 0.138 e. The summed E-state index contributed by atoms with van der Waals surface area (Å²) in [5, 5.41) is 0. The van der Waals surface area contributed by atoms with Crippen molar-refractivity contribution in [1.82, 2.24) is 15.0 Å². The summed E-state index contributed by atoms with van der Waals surface area (Å²) in [6.45, 7) is 2.10. The molecule has 0 N–H and O–H groups in total. The first-order valence-corrected chi connectivity index (χ1v) is 12.4. The van der Waals surface area contributed by atoms with E-state index in [1.165, 1.54) is 89.3 Å². The van der Waals surface area contributed by atoms with Crippen molar-refractivity contribution < 1.29 is 0 Å². The molecule has 1 aromatic heterocycles. The van der Waals surface area contributed by atoms with Crippen LogP contribution in [-0.2, 0) is 11.8 Å². The molecule has 6 fully saturated rings. The minimum atomic E-state index is 0.305. The van der Waals surface area contributed by atoms with E-state index in [0.29, 0.717) is 5.41 Å². The summed E-state index contributed by atoms with van der Waals surface area (Å²) in [5.41, 5.74) is 0.305. The van der Waals surface area contributed by atoms with E-state index < -0.39 is 0 Å². The second-order valence-electron chi connectivity index (χ2n) is 11.6. The van der Waals surface area contributed by atoms with E-state index in [9.17, 15) is 0 Å². The number of nitrogens with zero attached hydrogens (tertiary/aromatic N) is 3. The van der Waals surface area contributed by atoms with E-state index in [-0.39, 0.29) is 0 Å². The number of aromatic nitrogens is 3. The van der Waals surface area contributed by atoms with Crippen LogP contribution >= 0.6 is 0 Å². The lowest BCUT2D eigenvalue weighted by Crippen LogP contribution is -2.49. The summed E-state index contributed by atoms with van der Waals surface area (Å²) in [6, 6.07) is 0. The molecule has 0 spiro atoms. The van der Waals surface area contributed by atoms with Crippen molar-refractivity contribution >= 4 is 0 Å². The van der Waals surface area contributed by atoms with Crippen molar-refractivity contribution in [3.05, 3.63) is 17.5 Å². The fourth-order valence-corrected chi connectivity index (χ4v) is 8.71. The molecule has 152 valence electrons. The summed E-state index contributed by atoms with van der Waals surface area (Å²) in [7, 11) is 0. The van der Waals surface area contributed by atoms with Crippen molar-refractivity contribution in [2.24, 2.45) is 35.5 Å². The Kier molecular flexibility index (Phi) is 4.31. The Morgan fingerprint density at radius 1 is 0.750 bits per heavy atom. The molecule has 1 aromatic rings. The lowest BCUT2D eigenvalue weighted by Gasteiger charge is -2.56. The third-order valence-electron chi connectivity index (χ3n) is 9.31. The van der Waals surface area contributed by atoms with Crippen molar-refractivity contribution in [2.45, 2.75) is 102 Å². The predicted molar refractivity (Wildman–Crippen MR) is 111 cm³/mol. The van der Waals surface area contributed by atoms with Gasteiger partial charge in [0.2, 0.25) is 0 Å². The van der Waals surface area contributed by atoms with E-state index in [1.54, 1.807) is 0 Å². The Hall–Kier alpha value is -0.990. The molecule has 6 saturated carbocycles. The zero-order valence-corrected chi connectivity index (χ0v) is 17.7. The molecule has 0 aliphatic heterocycles. The average molecular weight is 380 g/mol. The number of aryl methyl sites for hydroxylation is 2. The Labute approximate surface area is 170 Å². The fraction of sp³-hybridized carbons (Fsp3) is 0.880. The topological polar surface area (TPSA) is 38.7 Å². The highest BCUT2D eigenvalue weighted by Crippen LogP contribution is 2.60. The molecule has 6 aliphatic rings. The molecular formula is C25H37N3. The van der Waals surface area contributed by atoms with Crippen molar-refractivity contribution in [3.8, 4) is 0 Å². The Morgan fingerprint density at radius 3 is 2.00 bits per heavy atom. The van der Waals surface area contributed by atoms with Gasteiger partial charge in [0, 0.05) is 11.8 Å². The van der Waals surface area contributed by atoms with E-state index in [0.717, 1.165) is 53.6 Å². The summed E-state index contributed by atoms with van der Waals surface area (Å²) >= 11 is 0. The van der Waals surface area contributed by atoms with Gasteiger partial charge in [0.25, 0.3) is 0 Å². The first-order valence-electron chi connectivity index (χ1n) is 12.4. The quantitative estimate of drug-likeness (QED) is 0.664. The third kappa shape index (κ3) is 3.21. The molecule has 3 heteroatoms. The molecule has 6 aliphatic carbocycles. The minimum Gasteiger partial charge on any atom is -0.218 e. The largest absolute Gasteiger partial charge is 0.218 e. The fourth-order valence-electron chi connectivity index (χ4n) is 8.71. The first kappa shape index (κ1) is 17.8. The van der Waals surface area contributed by atoms with Gasteiger partial charge in [-0.15, -0.1) is 0 Å². The lowest BCUT2D eigenvalue weighted by molar-refractivity contribution is -0.00972. The van der Waals surface area contributed by atoms with E-state index >= 15 is 0 Å². The van der Waals surface area contributed by atoms with Gasteiger partial charge in [0.15, 0.2) is 0 Å². The highest BCUT2D eigenvalue weighted by Gasteiger charge is 2.53. The van der Waals surface area contributed by atoms with Gasteiger partial charge >= 0.3 is 0 Å². The maximum atomic E-state index is 5.16. The van der Waals surface area contributed by atoms with Crippen molar-refractivity contribution in [3.63, 3.8) is 0 Å². The maximum Gasteiger partial charge on any atom is 0.138 e. The van der Waals surface area contributed by atoms with Gasteiger partial charge < -0.3 is 0 Å². The van der Waals surface area contributed by atoms with E-state index in [4.69, 9.17) is 15.0 Å². The number of rotatable bonds is 4. The minimum absolute atomic E-state index is 0.305. The van der Waals surface area contributed by atoms with Crippen LogP contribution < -0.4 is 0 Å². The second kappa shape index (κ2) is 6.77. The molecule has 2 unspecified atom stereocenters. The molecular weight excluding hydrogens is 342 g/mol. The van der Waals surface area contributed by atoms with Crippen LogP contribution in [0, 0.1) is 42.4 Å². The van der Waals surface area contributed by atoms with Crippen LogP contribution in [0.5, 0.6) is 0 Å². The second-order valence-corrected chi connectivity index (χ2v) is 11.6. The van der Waals surface area contributed by atoms with Crippen LogP contribution in [0.25, 0.3) is 0 Å². The lowest BCUT2D eigenvalue weighted by atomic mass is 9.49. The van der Waals surface area contributed by atoms with Crippen molar-refractivity contribution in [1.29, 1.82) is 0 Å². The molecule has 28 heavy (non-hydrogen) atoms. The molecule has 0 amide bonds. The Morgan fingerprint density at radius 2 is 1.36 bits per heavy atom. The monoisotopic (exact) mass is 379 g/mol. The van der Waals surface area contributed by atoms with Gasteiger partial charge in [-0.1, -0.05) is 19.3 Å². The SMILES string of the molecule is Cc1nc(CCC2CC3CCCC(C3)C2)nc(C23CC4CC(CC(C4)C2)C3)n1. The van der Waals surface area contributed by atoms with Gasteiger partial charge in [-0.05, 0) is 107 Å². The normalized spacial score (nSPS) is 44.0. The zero-order chi connectivity index (χ0) is 18.7. The molecule has 7 rings (SSSR count). The standard InChI is InChI=1S/C25H37N3/c1-16-26-23(6-5-19-8-17-3-2-4-18(7-17)9-19)28-24(27-16)25-13-20-10-21(14-25)12-22(11-20)15-25/h17-22H,2-15H2,1H3. The summed E-state index contributed by atoms with van der Waals surface area (Å²) in [4.78, 5) is 14.9. The third-order valence-corrected chi connectivity index (χ3v) is 9.31. The van der Waals surface area contributed by atoms with Crippen LogP contribution in [-0.4, -0.2) is 15.0 Å². The van der Waals surface area contributed by atoms with Gasteiger partial charge in [0.05, 0.1) is 0 Å². The highest BCUT2D eigenvalue weighted by molar-refractivity contribution is 5.18. The molecule has 0 radical (unpaired) electrons. The average Bonchev–Trinajstić information content (AvgIpc) is 2.65. The maximum absolute atomic E-state index is 5.16. The predicted octanol–water partition coefficient (Wildman–Crippen LogP) is 5.80. The first-order chi connectivity index (χ1) is 13.6. The van der Waals surface area contributed by atoms with Crippen molar-refractivity contribution in [2.75, 3.05) is 0 Å². The van der Waals surface area contributed by atoms with Gasteiger partial charge in [0.1, 0.15) is 17.5 Å². The van der Waals surface area contributed by atoms with Crippen LogP contribution in [0.3, 0.4) is 0 Å². The van der Waals surface area contributed by atoms with Crippen LogP contribution in [0.1, 0.15) is 101 Å². The van der Waals surface area contributed by atoms with Crippen LogP contribution in [0.2, 0.25) is 0 Å². The molecule has 2 atom stereocenters. The van der Waals surface area contributed by atoms with Gasteiger partial charge in [-0.2, -0.15) is 0 Å². The summed E-state index contributed by atoms with van der Waals surface area (Å²) < 4.78 is 0. The molecule has 1 heterocycles. The summed E-state index contributed by atoms with van der Waals surface area (Å²) in [6.07, 6.45) is 19.9. The van der Waals surface area contributed by atoms with Gasteiger partial charge in [-0.3, -0.25) is 0 Å². The van der Waals surface area contributed by atoms with Crippen LogP contribution in [0.15, 0.2) is 0 Å². The molecule has 0 aromatic carbocycles. The zero-order valence-electron chi connectivity index (χ0n) is 17.7. The Bertz CT molecular complexity index is 694. The van der Waals surface area contributed by atoms with Crippen LogP contribution in [0.4, 0.5) is 0 Å². The number of fused-ring (bicyclic) bond motifs is 2. The molecule has 0 saturated heterocycles. The number of hydrogen-bond acceptors (Lipinski definition) is 3. The van der Waals surface area contributed by atoms with E-state index in [2.05, 4.69) is 6.92 Å². The Balaban J connectivity index is 1.19. The molecule has 6 bridgehead atoms. The van der Waals surface area contributed by atoms with Gasteiger partial charge in [-0.25, -0.2) is 15.0 Å².